The molecule has 0 unspecified atom stereocenters. The summed E-state index contributed by atoms with van der Waals surface area (Å²) in [5, 5.41) is 9.28. The third-order valence-electron chi connectivity index (χ3n) is 2.51. The van der Waals surface area contributed by atoms with E-state index in [0.29, 0.717) is 32.7 Å². The zero-order chi connectivity index (χ0) is 12.4. The molecule has 0 aliphatic carbocycles. The lowest BCUT2D eigenvalue weighted by molar-refractivity contribution is -0.170. The number of carboxylic acids is 1. The summed E-state index contributed by atoms with van der Waals surface area (Å²) in [5.74, 6) is -0.854. The van der Waals surface area contributed by atoms with Gasteiger partial charge in [0.1, 0.15) is 0 Å². The molecule has 1 N–H and O–H groups in total. The van der Waals surface area contributed by atoms with Gasteiger partial charge in [-0.05, 0) is 19.8 Å². The van der Waals surface area contributed by atoms with Crippen LogP contribution in [0, 0.1) is 0 Å². The second kappa shape index (κ2) is 8.53. The van der Waals surface area contributed by atoms with Crippen molar-refractivity contribution in [1.82, 2.24) is 0 Å². The van der Waals surface area contributed by atoms with Gasteiger partial charge in [0.2, 0.25) is 0 Å². The largest absolute Gasteiger partial charge is 0.479 e. The van der Waals surface area contributed by atoms with Crippen LogP contribution in [-0.2, 0) is 14.3 Å². The molecule has 0 amide bonds. The molecule has 0 aromatic heterocycles. The van der Waals surface area contributed by atoms with Crippen LogP contribution in [0.25, 0.3) is 0 Å². The first-order valence-corrected chi connectivity index (χ1v) is 6.08. The molecule has 0 saturated heterocycles. The zero-order valence-corrected chi connectivity index (χ0v) is 10.6. The van der Waals surface area contributed by atoms with Crippen molar-refractivity contribution in [3.8, 4) is 0 Å². The van der Waals surface area contributed by atoms with Crippen LogP contribution in [0.2, 0.25) is 0 Å². The molecule has 0 spiro atoms. The van der Waals surface area contributed by atoms with Gasteiger partial charge in [0, 0.05) is 6.61 Å². The fourth-order valence-corrected chi connectivity index (χ4v) is 1.79. The molecule has 0 aromatic carbocycles. The SMILES string of the molecule is CCCC(CCC)(OCCOCC)C(=O)O. The van der Waals surface area contributed by atoms with Crippen LogP contribution >= 0.6 is 0 Å². The highest BCUT2D eigenvalue weighted by Gasteiger charge is 2.37. The minimum absolute atomic E-state index is 0.347. The quantitative estimate of drug-likeness (QED) is 0.588. The fraction of sp³-hybridized carbons (Fsp3) is 0.917. The standard InChI is InChI=1S/C12H24O4/c1-4-7-12(8-5-2,11(13)14)16-10-9-15-6-3/h4-10H2,1-3H3,(H,13,14). The topological polar surface area (TPSA) is 55.8 Å². The average Bonchev–Trinajstić information content (AvgIpc) is 2.24. The first-order chi connectivity index (χ1) is 7.63. The summed E-state index contributed by atoms with van der Waals surface area (Å²) >= 11 is 0. The molecular weight excluding hydrogens is 208 g/mol. The van der Waals surface area contributed by atoms with Gasteiger partial charge in [0.15, 0.2) is 5.60 Å². The van der Waals surface area contributed by atoms with Gasteiger partial charge in [-0.25, -0.2) is 4.79 Å². The van der Waals surface area contributed by atoms with Crippen molar-refractivity contribution in [1.29, 1.82) is 0 Å². The summed E-state index contributed by atoms with van der Waals surface area (Å²) in [5.41, 5.74) is -1.01. The molecule has 0 fully saturated rings. The van der Waals surface area contributed by atoms with Crippen LogP contribution in [-0.4, -0.2) is 36.5 Å². The summed E-state index contributed by atoms with van der Waals surface area (Å²) in [6, 6.07) is 0. The van der Waals surface area contributed by atoms with Crippen LogP contribution in [0.4, 0.5) is 0 Å². The predicted octanol–water partition coefficient (Wildman–Crippen LogP) is 2.46. The van der Waals surface area contributed by atoms with E-state index in [2.05, 4.69) is 0 Å². The van der Waals surface area contributed by atoms with E-state index in [1.165, 1.54) is 0 Å². The zero-order valence-electron chi connectivity index (χ0n) is 10.6. The Bertz CT molecular complexity index is 185. The molecule has 4 nitrogen and oxygen atoms in total. The minimum atomic E-state index is -1.01. The molecule has 0 aliphatic rings. The number of aliphatic carboxylic acids is 1. The Balaban J connectivity index is 4.30. The number of hydrogen-bond donors (Lipinski definition) is 1. The Kier molecular flexibility index (Phi) is 8.21. The van der Waals surface area contributed by atoms with Gasteiger partial charge in [-0.3, -0.25) is 0 Å². The van der Waals surface area contributed by atoms with Gasteiger partial charge in [0.05, 0.1) is 13.2 Å². The number of rotatable bonds is 10. The van der Waals surface area contributed by atoms with Gasteiger partial charge >= 0.3 is 5.97 Å². The lowest BCUT2D eigenvalue weighted by atomic mass is 9.92. The van der Waals surface area contributed by atoms with Crippen molar-refractivity contribution in [2.45, 2.75) is 52.1 Å². The molecule has 4 heteroatoms. The molecule has 0 bridgehead atoms. The Morgan fingerprint density at radius 1 is 1.12 bits per heavy atom. The molecule has 16 heavy (non-hydrogen) atoms. The predicted molar refractivity (Wildman–Crippen MR) is 62.6 cm³/mol. The molecule has 0 radical (unpaired) electrons. The molecule has 0 atom stereocenters. The molecule has 0 rings (SSSR count). The highest BCUT2D eigenvalue weighted by molar-refractivity contribution is 5.77. The highest BCUT2D eigenvalue weighted by atomic mass is 16.6. The van der Waals surface area contributed by atoms with Gasteiger partial charge in [-0.1, -0.05) is 26.7 Å². The lowest BCUT2D eigenvalue weighted by Gasteiger charge is -2.29. The Hall–Kier alpha value is -0.610. The molecule has 0 heterocycles. The van der Waals surface area contributed by atoms with Crippen LogP contribution in [0.3, 0.4) is 0 Å². The summed E-state index contributed by atoms with van der Waals surface area (Å²) in [6.45, 7) is 7.28. The maximum Gasteiger partial charge on any atom is 0.335 e. The summed E-state index contributed by atoms with van der Waals surface area (Å²) in [7, 11) is 0. The first kappa shape index (κ1) is 15.4. The highest BCUT2D eigenvalue weighted by Crippen LogP contribution is 2.24. The van der Waals surface area contributed by atoms with Crippen LogP contribution in [0.15, 0.2) is 0 Å². The molecule has 96 valence electrons. The van der Waals surface area contributed by atoms with Gasteiger partial charge in [0.25, 0.3) is 0 Å². The Labute approximate surface area is 97.9 Å². The summed E-state index contributed by atoms with van der Waals surface area (Å²) < 4.78 is 10.7. The second-order valence-electron chi connectivity index (χ2n) is 3.84. The average molecular weight is 232 g/mol. The maximum absolute atomic E-state index is 11.3. The first-order valence-electron chi connectivity index (χ1n) is 6.08. The van der Waals surface area contributed by atoms with Crippen molar-refractivity contribution < 1.29 is 19.4 Å². The van der Waals surface area contributed by atoms with Gasteiger partial charge in [-0.15, -0.1) is 0 Å². The second-order valence-corrected chi connectivity index (χ2v) is 3.84. The smallest absolute Gasteiger partial charge is 0.335 e. The van der Waals surface area contributed by atoms with Crippen molar-refractivity contribution in [3.63, 3.8) is 0 Å². The van der Waals surface area contributed by atoms with E-state index < -0.39 is 11.6 Å². The number of hydrogen-bond acceptors (Lipinski definition) is 3. The van der Waals surface area contributed by atoms with E-state index in [0.717, 1.165) is 12.8 Å². The third kappa shape index (κ3) is 4.94. The normalized spacial score (nSPS) is 11.7. The van der Waals surface area contributed by atoms with Crippen LogP contribution in [0.1, 0.15) is 46.5 Å². The van der Waals surface area contributed by atoms with Crippen molar-refractivity contribution in [3.05, 3.63) is 0 Å². The summed E-state index contributed by atoms with van der Waals surface area (Å²) in [4.78, 5) is 11.3. The van der Waals surface area contributed by atoms with E-state index in [1.54, 1.807) is 0 Å². The molecule has 0 aliphatic heterocycles. The molecule has 0 aromatic rings. The molecule has 0 saturated carbocycles. The lowest BCUT2D eigenvalue weighted by Crippen LogP contribution is -2.42. The monoisotopic (exact) mass is 232 g/mol. The maximum atomic E-state index is 11.3. The number of carbonyl (C=O) groups is 1. The van der Waals surface area contributed by atoms with Crippen LogP contribution < -0.4 is 0 Å². The number of carboxylic acid groups (broad SMARTS) is 1. The Morgan fingerprint density at radius 3 is 2.06 bits per heavy atom. The van der Waals surface area contributed by atoms with E-state index >= 15 is 0 Å². The van der Waals surface area contributed by atoms with Gasteiger partial charge in [-0.2, -0.15) is 0 Å². The van der Waals surface area contributed by atoms with Crippen LogP contribution in [0.5, 0.6) is 0 Å². The van der Waals surface area contributed by atoms with Crippen molar-refractivity contribution in [2.24, 2.45) is 0 Å². The summed E-state index contributed by atoms with van der Waals surface area (Å²) in [6.07, 6.45) is 2.73. The minimum Gasteiger partial charge on any atom is -0.479 e. The van der Waals surface area contributed by atoms with E-state index in [1.807, 2.05) is 20.8 Å². The fourth-order valence-electron chi connectivity index (χ4n) is 1.79. The van der Waals surface area contributed by atoms with Crippen molar-refractivity contribution in [2.75, 3.05) is 19.8 Å². The third-order valence-corrected chi connectivity index (χ3v) is 2.51. The van der Waals surface area contributed by atoms with E-state index in [9.17, 15) is 9.90 Å². The molecular formula is C12H24O4. The van der Waals surface area contributed by atoms with E-state index in [4.69, 9.17) is 9.47 Å². The Morgan fingerprint density at radius 2 is 1.69 bits per heavy atom. The number of ether oxygens (including phenoxy) is 2. The van der Waals surface area contributed by atoms with E-state index in [-0.39, 0.29) is 0 Å². The van der Waals surface area contributed by atoms with Crippen molar-refractivity contribution >= 4 is 5.97 Å². The van der Waals surface area contributed by atoms with Gasteiger partial charge < -0.3 is 14.6 Å².